The number of ether oxygens (including phenoxy) is 2. The molecule has 3 unspecified atom stereocenters. The molecule has 1 spiro atoms. The molecule has 106 heavy (non-hydrogen) atoms. The Morgan fingerprint density at radius 2 is 1.29 bits per heavy atom. The van der Waals surface area contributed by atoms with Crippen molar-refractivity contribution in [3.05, 3.63) is 12.2 Å². The van der Waals surface area contributed by atoms with E-state index in [2.05, 4.69) is 22.9 Å². The van der Waals surface area contributed by atoms with Crippen LogP contribution in [0.25, 0.3) is 0 Å². The number of methoxy groups -OCH3 is 1. The number of amides is 12. The van der Waals surface area contributed by atoms with E-state index in [4.69, 9.17) is 9.47 Å². The highest BCUT2D eigenvalue weighted by atomic mass is 19.4. The van der Waals surface area contributed by atoms with Crippen LogP contribution in [-0.2, 0) is 67.0 Å². The first kappa shape index (κ1) is 86.3. The van der Waals surface area contributed by atoms with Crippen molar-refractivity contribution in [2.75, 3.05) is 96.3 Å². The molecule has 3 N–H and O–H groups in total. The molecule has 7 aliphatic rings. The third-order valence-electron chi connectivity index (χ3n) is 24.3. The lowest BCUT2D eigenvalue weighted by Crippen LogP contribution is -2.71. The quantitative estimate of drug-likeness (QED) is 0.160. The number of nitrogens with one attached hydrogen (secondary N) is 3. The van der Waals surface area contributed by atoms with Gasteiger partial charge in [0.05, 0.1) is 37.6 Å². The molecule has 7 rings (SSSR count). The van der Waals surface area contributed by atoms with Crippen LogP contribution in [0, 0.1) is 40.9 Å². The molecule has 12 amide bonds. The highest BCUT2D eigenvalue weighted by Crippen LogP contribution is 2.50. The maximum atomic E-state index is 15.7. The van der Waals surface area contributed by atoms with Gasteiger partial charge < -0.3 is 69.5 Å². The predicted octanol–water partition coefficient (Wildman–Crippen LogP) is 5.93. The SMILES string of the molecule is CCC[C@H]1C(=O)N[C@@H]([C@@H](C)CC)C(=O)N(C)CC(=O)N(C)[C@H]2C/C=C\CCN(C2=O)[C@@H](CC2CCC(C)CC2)C(=O)N(C)CC(=O)N[C@@H](CCC2CCC(C(F)(F)F)C(OC)C2)C(=O)N2C[C@H](OCC)C[C@H]2C(=O)NC2(CC(C)(C)C2)C(=O)N(C)[C@@H](CC2CCC2)C(=O)N(C)[C@H](C(=O)N(C)C)CC(=O)N1C. The van der Waals surface area contributed by atoms with E-state index in [1.165, 1.54) is 108 Å². The Labute approximate surface area is 626 Å². The van der Waals surface area contributed by atoms with Gasteiger partial charge in [0.2, 0.25) is 70.9 Å². The van der Waals surface area contributed by atoms with E-state index >= 15 is 28.8 Å². The van der Waals surface area contributed by atoms with Gasteiger partial charge in [-0.25, -0.2) is 0 Å². The van der Waals surface area contributed by atoms with Crippen molar-refractivity contribution in [2.45, 2.75) is 268 Å². The van der Waals surface area contributed by atoms with E-state index in [0.29, 0.717) is 25.2 Å². The average molecular weight is 1500 g/mol. The summed E-state index contributed by atoms with van der Waals surface area (Å²) in [5, 5.41) is 8.87. The minimum atomic E-state index is -4.52. The highest BCUT2D eigenvalue weighted by Gasteiger charge is 2.59. The fraction of sp³-hybridized carbons (Fsp3) is 0.818. The second kappa shape index (κ2) is 37.5. The van der Waals surface area contributed by atoms with Crippen LogP contribution in [-0.4, -0.2) is 284 Å². The van der Waals surface area contributed by atoms with Gasteiger partial charge in [-0.15, -0.1) is 0 Å². The number of fused-ring (bicyclic) bond motifs is 3. The third kappa shape index (κ3) is 21.1. The van der Waals surface area contributed by atoms with Gasteiger partial charge in [0, 0.05) is 89.6 Å². The van der Waals surface area contributed by atoms with Crippen molar-refractivity contribution < 1.29 is 80.2 Å². The van der Waals surface area contributed by atoms with Crippen LogP contribution in [0.4, 0.5) is 13.2 Å². The minimum Gasteiger partial charge on any atom is -0.381 e. The lowest BCUT2D eigenvalue weighted by atomic mass is 9.58. The number of carbonyl (C=O) groups is 12. The maximum absolute atomic E-state index is 15.7. The summed E-state index contributed by atoms with van der Waals surface area (Å²) < 4.78 is 54.6. The number of hydrogen-bond acceptors (Lipinski definition) is 14. The van der Waals surface area contributed by atoms with Gasteiger partial charge >= 0.3 is 6.18 Å². The van der Waals surface area contributed by atoms with E-state index in [9.17, 15) is 41.9 Å². The molecule has 4 aliphatic carbocycles. The molecule has 29 heteroatoms. The summed E-state index contributed by atoms with van der Waals surface area (Å²) in [6.45, 7) is 12.2. The number of alkyl halides is 3. The van der Waals surface area contributed by atoms with E-state index in [1.54, 1.807) is 19.9 Å². The molecule has 26 nitrogen and oxygen atoms in total. The number of nitrogens with zero attached hydrogens (tertiary/aromatic N) is 9. The lowest BCUT2D eigenvalue weighted by Gasteiger charge is -2.54. The average Bonchev–Trinajstić information content (AvgIpc) is 0.851. The standard InChI is InChI=1S/C77H125F3N12O14/c1-17-24-55-66(96)82-65(48(5)18-2)73(103)86(11)44-64(95)88(13)56-27-21-20-22-36-91(72(56)102)60(38-50-30-28-47(4)29-31-50)70(100)85(10)43-62(93)81-54(35-33-51-32-34-53(77(78,79)80)61(39-51)105-16)68(98)92-42-52(106-19-3)40-57(92)67(97)83-76(45-75(6,7)46-76)74(104)90(15)58(37-49-25-23-26-49)71(101)89(14)59(69(99)84(8)9)41-63(94)87(55)12/h20-21,47-61,65H,17-19,22-46H2,1-16H3,(H,81,93)(H,82,96)(H,83,97)/b21-20-/t47?,48-,50?,51?,52+,53?,54-,55-,56-,57-,58-,59-,60-,61?,65-/m0/s1. The third-order valence-corrected chi connectivity index (χ3v) is 24.3. The van der Waals surface area contributed by atoms with Gasteiger partial charge in [-0.1, -0.05) is 111 Å². The van der Waals surface area contributed by atoms with Gasteiger partial charge in [0.1, 0.15) is 53.9 Å². The summed E-state index contributed by atoms with van der Waals surface area (Å²) in [6.07, 6.45) is 4.21. The zero-order valence-corrected chi connectivity index (χ0v) is 66.1. The molecule has 2 bridgehead atoms. The number of carbonyl (C=O) groups excluding carboxylic acids is 12. The van der Waals surface area contributed by atoms with E-state index in [-0.39, 0.29) is 114 Å². The van der Waals surface area contributed by atoms with Gasteiger partial charge in [-0.05, 0) is 119 Å². The number of hydrogen-bond donors (Lipinski definition) is 3. The van der Waals surface area contributed by atoms with E-state index in [0.717, 1.165) is 44.9 Å². The van der Waals surface area contributed by atoms with Gasteiger partial charge in [0.15, 0.2) is 0 Å². The van der Waals surface area contributed by atoms with Crippen molar-refractivity contribution in [1.29, 1.82) is 0 Å². The van der Waals surface area contributed by atoms with Crippen molar-refractivity contribution in [3.63, 3.8) is 0 Å². The second-order valence-electron chi connectivity index (χ2n) is 33.1. The van der Waals surface area contributed by atoms with Crippen molar-refractivity contribution >= 4 is 70.9 Å². The largest absolute Gasteiger partial charge is 0.394 e. The summed E-state index contributed by atoms with van der Waals surface area (Å²) in [5.74, 6) is -10.0. The van der Waals surface area contributed by atoms with Crippen LogP contribution in [0.15, 0.2) is 12.2 Å². The molecule has 2 saturated heterocycles. The van der Waals surface area contributed by atoms with Gasteiger partial charge in [-0.3, -0.25) is 57.5 Å². The monoisotopic (exact) mass is 1500 g/mol. The highest BCUT2D eigenvalue weighted by molar-refractivity contribution is 6.01. The van der Waals surface area contributed by atoms with Crippen molar-refractivity contribution in [3.8, 4) is 0 Å². The minimum absolute atomic E-state index is 0.00512. The summed E-state index contributed by atoms with van der Waals surface area (Å²) in [7, 11) is 12.8. The molecule has 0 aromatic rings. The molecule has 598 valence electrons. The van der Waals surface area contributed by atoms with Crippen LogP contribution in [0.1, 0.15) is 196 Å². The maximum Gasteiger partial charge on any atom is 0.394 e. The topological polar surface area (TPSA) is 289 Å². The molecular weight excluding hydrogens is 1370 g/mol. The number of likely N-dealkylation sites (N-methyl/N-ethyl adjacent to an activating group) is 7. The molecule has 3 heterocycles. The fourth-order valence-electron chi connectivity index (χ4n) is 17.4. The predicted molar refractivity (Wildman–Crippen MR) is 391 cm³/mol. The molecular formula is C77H125F3N12O14. The summed E-state index contributed by atoms with van der Waals surface area (Å²) in [4.78, 5) is 193. The Morgan fingerprint density at radius 1 is 0.660 bits per heavy atom. The second-order valence-corrected chi connectivity index (χ2v) is 33.1. The first-order valence-electron chi connectivity index (χ1n) is 39.0. The lowest BCUT2D eigenvalue weighted by molar-refractivity contribution is -0.215. The van der Waals surface area contributed by atoms with Gasteiger partial charge in [-0.2, -0.15) is 13.2 Å². The molecule has 4 saturated carbocycles. The zero-order chi connectivity index (χ0) is 78.6. The Hall–Kier alpha value is -6.91. The first-order valence-corrected chi connectivity index (χ1v) is 39.0. The summed E-state index contributed by atoms with van der Waals surface area (Å²) >= 11 is 0. The van der Waals surface area contributed by atoms with Crippen LogP contribution in [0.5, 0.6) is 0 Å². The van der Waals surface area contributed by atoms with Crippen LogP contribution < -0.4 is 16.0 Å². The number of halogens is 3. The Bertz CT molecular complexity index is 3150. The van der Waals surface area contributed by atoms with E-state index in [1.807, 2.05) is 33.8 Å². The molecule has 0 aromatic carbocycles. The van der Waals surface area contributed by atoms with Gasteiger partial charge in [0.25, 0.3) is 0 Å². The van der Waals surface area contributed by atoms with Crippen LogP contribution in [0.3, 0.4) is 0 Å². The summed E-state index contributed by atoms with van der Waals surface area (Å²) in [5.41, 5.74) is -2.17. The Kier molecular flexibility index (Phi) is 30.5. The molecule has 0 aromatic heterocycles. The van der Waals surface area contributed by atoms with Crippen LogP contribution in [0.2, 0.25) is 0 Å². The molecule has 13 atom stereocenters. The number of rotatable bonds is 15. The zero-order valence-electron chi connectivity index (χ0n) is 66.1. The van der Waals surface area contributed by atoms with Crippen LogP contribution >= 0.6 is 0 Å². The van der Waals surface area contributed by atoms with Crippen molar-refractivity contribution in [2.24, 2.45) is 40.9 Å². The fourth-order valence-corrected chi connectivity index (χ4v) is 17.4. The normalized spacial score (nSPS) is 31.8. The molecule has 0 radical (unpaired) electrons. The Balaban J connectivity index is 1.32. The smallest absolute Gasteiger partial charge is 0.381 e. The molecule has 3 aliphatic heterocycles. The summed E-state index contributed by atoms with van der Waals surface area (Å²) in [6, 6.07) is -10.1. The molecule has 6 fully saturated rings. The van der Waals surface area contributed by atoms with E-state index < -0.39 is 180 Å². The Morgan fingerprint density at radius 3 is 1.88 bits per heavy atom. The first-order chi connectivity index (χ1) is 49.8. The van der Waals surface area contributed by atoms with Crippen molar-refractivity contribution in [1.82, 2.24) is 60.0 Å².